The van der Waals surface area contributed by atoms with E-state index in [4.69, 9.17) is 0 Å². The van der Waals surface area contributed by atoms with Crippen molar-refractivity contribution in [3.63, 3.8) is 0 Å². The number of benzene rings is 3. The van der Waals surface area contributed by atoms with Gasteiger partial charge in [0.25, 0.3) is 0 Å². The molecule has 1 N–H and O–H groups in total. The zero-order valence-corrected chi connectivity index (χ0v) is 16.2. The first-order valence-corrected chi connectivity index (χ1v) is 9.96. The van der Waals surface area contributed by atoms with E-state index in [1.54, 1.807) is 0 Å². The van der Waals surface area contributed by atoms with E-state index in [-0.39, 0.29) is 5.41 Å². The van der Waals surface area contributed by atoms with Crippen LogP contribution in [0, 0.1) is 6.92 Å². The van der Waals surface area contributed by atoms with Gasteiger partial charge < -0.3 is 5.11 Å². The Hall–Kier alpha value is -2.11. The van der Waals surface area contributed by atoms with Crippen LogP contribution in [0.5, 0.6) is 5.75 Å². The molecule has 2 heteroatoms. The molecule has 0 fully saturated rings. The zero-order valence-electron chi connectivity index (χ0n) is 15.3. The van der Waals surface area contributed by atoms with E-state index in [9.17, 15) is 5.11 Å². The monoisotopic (exact) mass is 348 g/mol. The molecule has 0 amide bonds. The fourth-order valence-corrected chi connectivity index (χ4v) is 5.54. The third kappa shape index (κ3) is 3.78. The van der Waals surface area contributed by atoms with Crippen LogP contribution in [0.15, 0.2) is 72.8 Å². The molecule has 3 rings (SSSR count). The highest BCUT2D eigenvalue weighted by Crippen LogP contribution is 2.40. The summed E-state index contributed by atoms with van der Waals surface area (Å²) in [5.41, 5.74) is 2.11. The van der Waals surface area contributed by atoms with Crippen molar-refractivity contribution in [2.45, 2.75) is 33.1 Å². The third-order valence-electron chi connectivity index (χ3n) is 4.31. The molecule has 3 aromatic carbocycles. The molecule has 0 heterocycles. The normalized spacial score (nSPS) is 11.7. The summed E-state index contributed by atoms with van der Waals surface area (Å²) in [4.78, 5) is 0. The van der Waals surface area contributed by atoms with Gasteiger partial charge in [-0.1, -0.05) is 87.5 Å². The zero-order chi connectivity index (χ0) is 18.0. The van der Waals surface area contributed by atoms with Crippen LogP contribution in [0.4, 0.5) is 0 Å². The third-order valence-corrected chi connectivity index (χ3v) is 6.76. The molecule has 0 bridgehead atoms. The molecular weight excluding hydrogens is 323 g/mol. The molecule has 0 aliphatic rings. The standard InChI is InChI=1S/C23H25OP/c1-17-15-20(23(2,3)4)22(24)21(16-17)25(18-11-7-5-8-12-18)19-13-9-6-10-14-19/h5-16,24H,1-4H3. The Morgan fingerprint density at radius 1 is 0.760 bits per heavy atom. The Balaban J connectivity index is 2.27. The fourth-order valence-electron chi connectivity index (χ4n) is 3.08. The largest absolute Gasteiger partial charge is 0.507 e. The van der Waals surface area contributed by atoms with E-state index in [2.05, 4.69) is 88.4 Å². The van der Waals surface area contributed by atoms with Gasteiger partial charge in [-0.05, 0) is 42.5 Å². The molecule has 0 saturated heterocycles. The van der Waals surface area contributed by atoms with Crippen molar-refractivity contribution in [1.82, 2.24) is 0 Å². The Morgan fingerprint density at radius 3 is 1.68 bits per heavy atom. The number of aryl methyl sites for hydroxylation is 1. The molecule has 0 atom stereocenters. The minimum Gasteiger partial charge on any atom is -0.507 e. The second kappa shape index (κ2) is 7.02. The quantitative estimate of drug-likeness (QED) is 0.677. The van der Waals surface area contributed by atoms with Crippen molar-refractivity contribution in [3.8, 4) is 5.75 Å². The molecule has 0 radical (unpaired) electrons. The van der Waals surface area contributed by atoms with Gasteiger partial charge in [0.1, 0.15) is 5.75 Å². The van der Waals surface area contributed by atoms with Gasteiger partial charge in [-0.2, -0.15) is 0 Å². The molecule has 3 aromatic rings. The highest BCUT2D eigenvalue weighted by Gasteiger charge is 2.26. The molecule has 128 valence electrons. The van der Waals surface area contributed by atoms with Gasteiger partial charge in [-0.3, -0.25) is 0 Å². The molecule has 0 aliphatic heterocycles. The van der Waals surface area contributed by atoms with Crippen LogP contribution in [-0.4, -0.2) is 5.11 Å². The van der Waals surface area contributed by atoms with Crippen molar-refractivity contribution in [2.24, 2.45) is 0 Å². The van der Waals surface area contributed by atoms with Crippen LogP contribution >= 0.6 is 7.92 Å². The minimum absolute atomic E-state index is 0.0980. The highest BCUT2D eigenvalue weighted by atomic mass is 31.1. The lowest BCUT2D eigenvalue weighted by atomic mass is 9.85. The second-order valence-corrected chi connectivity index (χ2v) is 9.62. The van der Waals surface area contributed by atoms with Gasteiger partial charge in [0.05, 0.1) is 0 Å². The van der Waals surface area contributed by atoms with Gasteiger partial charge >= 0.3 is 0 Å². The first-order chi connectivity index (χ1) is 11.9. The smallest absolute Gasteiger partial charge is 0.127 e. The fraction of sp³-hybridized carbons (Fsp3) is 0.217. The highest BCUT2D eigenvalue weighted by molar-refractivity contribution is 7.80. The maximum atomic E-state index is 11.2. The Bertz CT molecular complexity index is 809. The number of aromatic hydroxyl groups is 1. The molecular formula is C23H25OP. The van der Waals surface area contributed by atoms with Crippen LogP contribution in [0.25, 0.3) is 0 Å². The lowest BCUT2D eigenvalue weighted by Crippen LogP contribution is -2.23. The first-order valence-electron chi connectivity index (χ1n) is 8.62. The van der Waals surface area contributed by atoms with Gasteiger partial charge in [0, 0.05) is 10.9 Å². The predicted molar refractivity (Wildman–Crippen MR) is 110 cm³/mol. The number of phenols is 1. The van der Waals surface area contributed by atoms with E-state index in [1.807, 2.05) is 12.1 Å². The van der Waals surface area contributed by atoms with Crippen LogP contribution in [-0.2, 0) is 5.41 Å². The van der Waals surface area contributed by atoms with Crippen LogP contribution in [0.1, 0.15) is 31.9 Å². The summed E-state index contributed by atoms with van der Waals surface area (Å²) < 4.78 is 0. The summed E-state index contributed by atoms with van der Waals surface area (Å²) in [6, 6.07) is 25.3. The molecule has 0 spiro atoms. The van der Waals surface area contributed by atoms with E-state index < -0.39 is 7.92 Å². The number of hydrogen-bond donors (Lipinski definition) is 1. The molecule has 25 heavy (non-hydrogen) atoms. The predicted octanol–water partition coefficient (Wildman–Crippen LogP) is 4.76. The molecule has 0 aliphatic carbocycles. The molecule has 0 saturated carbocycles. The number of rotatable bonds is 3. The summed E-state index contributed by atoms with van der Waals surface area (Å²) in [6.07, 6.45) is 0. The maximum absolute atomic E-state index is 11.2. The van der Waals surface area contributed by atoms with Crippen molar-refractivity contribution in [3.05, 3.63) is 83.9 Å². The lowest BCUT2D eigenvalue weighted by Gasteiger charge is -2.26. The summed E-state index contributed by atoms with van der Waals surface area (Å²) in [6.45, 7) is 8.57. The Labute approximate surface area is 152 Å². The van der Waals surface area contributed by atoms with Crippen molar-refractivity contribution in [2.75, 3.05) is 0 Å². The average molecular weight is 348 g/mol. The van der Waals surface area contributed by atoms with Gasteiger partial charge in [-0.25, -0.2) is 0 Å². The topological polar surface area (TPSA) is 20.2 Å². The number of hydrogen-bond acceptors (Lipinski definition) is 1. The molecule has 0 unspecified atom stereocenters. The minimum atomic E-state index is -0.796. The summed E-state index contributed by atoms with van der Waals surface area (Å²) >= 11 is 0. The Morgan fingerprint density at radius 2 is 1.24 bits per heavy atom. The first kappa shape index (κ1) is 17.7. The maximum Gasteiger partial charge on any atom is 0.127 e. The van der Waals surface area contributed by atoms with Crippen LogP contribution in [0.2, 0.25) is 0 Å². The van der Waals surface area contributed by atoms with E-state index in [0.717, 1.165) is 10.9 Å². The van der Waals surface area contributed by atoms with Gasteiger partial charge in [0.2, 0.25) is 0 Å². The van der Waals surface area contributed by atoms with Crippen LogP contribution < -0.4 is 15.9 Å². The summed E-state index contributed by atoms with van der Waals surface area (Å²) in [5, 5.41) is 14.7. The molecule has 1 nitrogen and oxygen atoms in total. The van der Waals surface area contributed by atoms with E-state index in [0.29, 0.717) is 5.75 Å². The lowest BCUT2D eigenvalue weighted by molar-refractivity contribution is 0.450. The van der Waals surface area contributed by atoms with E-state index >= 15 is 0 Å². The van der Waals surface area contributed by atoms with E-state index in [1.165, 1.54) is 16.2 Å². The van der Waals surface area contributed by atoms with Gasteiger partial charge in [0.15, 0.2) is 0 Å². The van der Waals surface area contributed by atoms with Gasteiger partial charge in [-0.15, -0.1) is 0 Å². The second-order valence-electron chi connectivity index (χ2n) is 7.44. The number of phenolic OH excluding ortho intramolecular Hbond substituents is 1. The molecule has 0 aromatic heterocycles. The van der Waals surface area contributed by atoms with Crippen LogP contribution in [0.3, 0.4) is 0 Å². The summed E-state index contributed by atoms with van der Waals surface area (Å²) in [7, 11) is -0.796. The summed E-state index contributed by atoms with van der Waals surface area (Å²) in [5.74, 6) is 0.442. The van der Waals surface area contributed by atoms with Crippen molar-refractivity contribution >= 4 is 23.8 Å². The van der Waals surface area contributed by atoms with Crippen molar-refractivity contribution in [1.29, 1.82) is 0 Å². The average Bonchev–Trinajstić information content (AvgIpc) is 2.59. The Kier molecular flexibility index (Phi) is 4.97. The SMILES string of the molecule is Cc1cc(P(c2ccccc2)c2ccccc2)c(O)c(C(C)(C)C)c1. The van der Waals surface area contributed by atoms with Crippen molar-refractivity contribution < 1.29 is 5.11 Å².